The predicted octanol–water partition coefficient (Wildman–Crippen LogP) is 4.59. The normalized spacial score (nSPS) is 10.9. The molecule has 0 amide bonds. The van der Waals surface area contributed by atoms with Gasteiger partial charge in [0.1, 0.15) is 0 Å². The van der Waals surface area contributed by atoms with Gasteiger partial charge in [-0.25, -0.2) is 0 Å². The zero-order chi connectivity index (χ0) is 19.2. The van der Waals surface area contributed by atoms with Crippen LogP contribution in [0, 0.1) is 6.92 Å². The van der Waals surface area contributed by atoms with E-state index in [4.69, 9.17) is 5.10 Å². The van der Waals surface area contributed by atoms with E-state index >= 15 is 0 Å². The van der Waals surface area contributed by atoms with Crippen molar-refractivity contribution in [3.8, 4) is 11.3 Å². The molecule has 4 heteroatoms. The fourth-order valence-corrected chi connectivity index (χ4v) is 3.35. The van der Waals surface area contributed by atoms with Crippen LogP contribution in [0.1, 0.15) is 22.3 Å². The maximum Gasteiger partial charge on any atom is 0.0983 e. The first-order valence-electron chi connectivity index (χ1n) is 9.55. The number of pyridine rings is 1. The van der Waals surface area contributed by atoms with Gasteiger partial charge in [-0.1, -0.05) is 60.2 Å². The van der Waals surface area contributed by atoms with E-state index in [9.17, 15) is 0 Å². The van der Waals surface area contributed by atoms with Gasteiger partial charge in [-0.2, -0.15) is 5.10 Å². The van der Waals surface area contributed by atoms with Crippen molar-refractivity contribution in [2.24, 2.45) is 0 Å². The topological polar surface area (TPSA) is 42.7 Å². The highest BCUT2D eigenvalue weighted by Gasteiger charge is 2.11. The number of aromatic nitrogens is 3. The standard InChI is InChI=1S/C24H24N4/c1-19-7-5-10-21(13-19)14-26-16-23-18-28(17-20-8-3-2-4-9-20)27-24(23)22-11-6-12-25-15-22/h2-13,15,18,26H,14,16-17H2,1H3. The molecule has 0 spiro atoms. The maximum atomic E-state index is 4.85. The lowest BCUT2D eigenvalue weighted by atomic mass is 10.1. The Morgan fingerprint density at radius 1 is 0.893 bits per heavy atom. The first kappa shape index (κ1) is 18.1. The molecule has 0 saturated carbocycles. The summed E-state index contributed by atoms with van der Waals surface area (Å²) in [5.74, 6) is 0. The second-order valence-electron chi connectivity index (χ2n) is 7.02. The van der Waals surface area contributed by atoms with Crippen LogP contribution in [0.25, 0.3) is 11.3 Å². The van der Waals surface area contributed by atoms with Gasteiger partial charge >= 0.3 is 0 Å². The first-order chi connectivity index (χ1) is 13.8. The van der Waals surface area contributed by atoms with Crippen LogP contribution in [0.5, 0.6) is 0 Å². The van der Waals surface area contributed by atoms with Crippen LogP contribution in [0.4, 0.5) is 0 Å². The molecular weight excluding hydrogens is 344 g/mol. The molecule has 0 aliphatic rings. The van der Waals surface area contributed by atoms with E-state index in [1.165, 1.54) is 22.3 Å². The summed E-state index contributed by atoms with van der Waals surface area (Å²) in [4.78, 5) is 4.26. The number of hydrogen-bond donors (Lipinski definition) is 1. The molecule has 0 bridgehead atoms. The molecule has 0 aliphatic carbocycles. The van der Waals surface area contributed by atoms with Crippen molar-refractivity contribution in [3.05, 3.63) is 108 Å². The summed E-state index contributed by atoms with van der Waals surface area (Å²) in [5, 5.41) is 8.41. The third-order valence-corrected chi connectivity index (χ3v) is 4.69. The van der Waals surface area contributed by atoms with Crippen molar-refractivity contribution >= 4 is 0 Å². The van der Waals surface area contributed by atoms with Gasteiger partial charge in [-0.15, -0.1) is 0 Å². The van der Waals surface area contributed by atoms with Crippen LogP contribution >= 0.6 is 0 Å². The van der Waals surface area contributed by atoms with Crippen LogP contribution in [-0.4, -0.2) is 14.8 Å². The number of rotatable bonds is 7. The molecule has 4 rings (SSSR count). The van der Waals surface area contributed by atoms with Gasteiger partial charge in [0.05, 0.1) is 12.2 Å². The van der Waals surface area contributed by atoms with Gasteiger partial charge in [0.25, 0.3) is 0 Å². The molecule has 28 heavy (non-hydrogen) atoms. The second kappa shape index (κ2) is 8.63. The summed E-state index contributed by atoms with van der Waals surface area (Å²) in [6, 6.07) is 23.0. The number of benzene rings is 2. The molecule has 0 aliphatic heterocycles. The molecule has 0 atom stereocenters. The molecule has 2 heterocycles. The van der Waals surface area contributed by atoms with E-state index < -0.39 is 0 Å². The second-order valence-corrected chi connectivity index (χ2v) is 7.02. The quantitative estimate of drug-likeness (QED) is 0.519. The first-order valence-corrected chi connectivity index (χ1v) is 9.55. The molecule has 1 N–H and O–H groups in total. The van der Waals surface area contributed by atoms with Crippen LogP contribution < -0.4 is 5.32 Å². The van der Waals surface area contributed by atoms with E-state index in [-0.39, 0.29) is 0 Å². The van der Waals surface area contributed by atoms with Crippen molar-refractivity contribution in [3.63, 3.8) is 0 Å². The van der Waals surface area contributed by atoms with Gasteiger partial charge in [-0.3, -0.25) is 9.67 Å². The Bertz CT molecular complexity index is 1020. The van der Waals surface area contributed by atoms with Gasteiger partial charge in [0, 0.05) is 42.8 Å². The number of aryl methyl sites for hydroxylation is 1. The minimum Gasteiger partial charge on any atom is -0.308 e. The van der Waals surface area contributed by atoms with Crippen molar-refractivity contribution in [1.29, 1.82) is 0 Å². The monoisotopic (exact) mass is 368 g/mol. The van der Waals surface area contributed by atoms with E-state index in [0.29, 0.717) is 0 Å². The van der Waals surface area contributed by atoms with Crippen LogP contribution in [-0.2, 0) is 19.6 Å². The zero-order valence-corrected chi connectivity index (χ0v) is 16.0. The Labute approximate surface area is 165 Å². The predicted molar refractivity (Wildman–Crippen MR) is 113 cm³/mol. The minimum absolute atomic E-state index is 0.756. The van der Waals surface area contributed by atoms with Crippen molar-refractivity contribution in [2.75, 3.05) is 0 Å². The highest BCUT2D eigenvalue weighted by molar-refractivity contribution is 5.61. The summed E-state index contributed by atoms with van der Waals surface area (Å²) < 4.78 is 2.02. The van der Waals surface area contributed by atoms with Crippen LogP contribution in [0.2, 0.25) is 0 Å². The molecule has 4 nitrogen and oxygen atoms in total. The molecule has 0 unspecified atom stereocenters. The Kier molecular flexibility index (Phi) is 5.59. The van der Waals surface area contributed by atoms with Crippen molar-refractivity contribution in [2.45, 2.75) is 26.6 Å². The smallest absolute Gasteiger partial charge is 0.0983 e. The molecule has 0 fully saturated rings. The fourth-order valence-electron chi connectivity index (χ4n) is 3.35. The third-order valence-electron chi connectivity index (χ3n) is 4.69. The van der Waals surface area contributed by atoms with Gasteiger partial charge in [0.15, 0.2) is 0 Å². The number of nitrogens with zero attached hydrogens (tertiary/aromatic N) is 3. The lowest BCUT2D eigenvalue weighted by molar-refractivity contribution is 0.677. The zero-order valence-electron chi connectivity index (χ0n) is 16.0. The molecule has 2 aromatic carbocycles. The lowest BCUT2D eigenvalue weighted by Crippen LogP contribution is -2.13. The van der Waals surface area contributed by atoms with Crippen LogP contribution in [0.3, 0.4) is 0 Å². The molecule has 2 aromatic heterocycles. The van der Waals surface area contributed by atoms with E-state index in [2.05, 4.69) is 78.0 Å². The van der Waals surface area contributed by atoms with Crippen LogP contribution in [0.15, 0.2) is 85.3 Å². The molecule has 140 valence electrons. The van der Waals surface area contributed by atoms with Crippen molar-refractivity contribution < 1.29 is 0 Å². The summed E-state index contributed by atoms with van der Waals surface area (Å²) in [6.07, 6.45) is 5.80. The molecule has 0 radical (unpaired) electrons. The molecular formula is C24H24N4. The average Bonchev–Trinajstić information content (AvgIpc) is 3.12. The molecule has 4 aromatic rings. The van der Waals surface area contributed by atoms with E-state index in [1.54, 1.807) is 6.20 Å². The SMILES string of the molecule is Cc1cccc(CNCc2cn(Cc3ccccc3)nc2-c2cccnc2)c1. The Morgan fingerprint density at radius 3 is 2.54 bits per heavy atom. The maximum absolute atomic E-state index is 4.85. The highest BCUT2D eigenvalue weighted by atomic mass is 15.3. The summed E-state index contributed by atoms with van der Waals surface area (Å²) in [6.45, 7) is 4.47. The third kappa shape index (κ3) is 4.53. The van der Waals surface area contributed by atoms with Gasteiger partial charge in [0.2, 0.25) is 0 Å². The number of nitrogens with one attached hydrogen (secondary N) is 1. The Morgan fingerprint density at radius 2 is 1.75 bits per heavy atom. The van der Waals surface area contributed by atoms with Crippen molar-refractivity contribution in [1.82, 2.24) is 20.1 Å². The minimum atomic E-state index is 0.756. The average molecular weight is 368 g/mol. The molecule has 0 saturated heterocycles. The number of hydrogen-bond acceptors (Lipinski definition) is 3. The summed E-state index contributed by atoms with van der Waals surface area (Å²) in [7, 11) is 0. The van der Waals surface area contributed by atoms with E-state index in [0.717, 1.165) is 30.9 Å². The summed E-state index contributed by atoms with van der Waals surface area (Å²) in [5.41, 5.74) is 7.02. The Hall–Kier alpha value is -3.24. The van der Waals surface area contributed by atoms with Gasteiger partial charge in [-0.05, 0) is 30.2 Å². The Balaban J connectivity index is 1.54. The largest absolute Gasteiger partial charge is 0.308 e. The fraction of sp³-hybridized carbons (Fsp3) is 0.167. The van der Waals surface area contributed by atoms with Gasteiger partial charge < -0.3 is 5.32 Å². The lowest BCUT2D eigenvalue weighted by Gasteiger charge is -2.06. The van der Waals surface area contributed by atoms with E-state index in [1.807, 2.05) is 23.0 Å². The highest BCUT2D eigenvalue weighted by Crippen LogP contribution is 2.22. The summed E-state index contributed by atoms with van der Waals surface area (Å²) >= 11 is 0.